The molecule has 0 aromatic carbocycles. The van der Waals surface area contributed by atoms with Gasteiger partial charge < -0.3 is 10.6 Å². The monoisotopic (exact) mass is 213 g/mol. The molecule has 0 fully saturated rings. The SMILES string of the molecule is Cc1c(N)nsc1N(C)C(C)C(C)C. The van der Waals surface area contributed by atoms with Crippen molar-refractivity contribution < 1.29 is 0 Å². The van der Waals surface area contributed by atoms with Gasteiger partial charge in [0.15, 0.2) is 0 Å². The third-order valence-electron chi connectivity index (χ3n) is 2.83. The van der Waals surface area contributed by atoms with Crippen molar-refractivity contribution in [3.63, 3.8) is 0 Å². The molecule has 0 saturated carbocycles. The van der Waals surface area contributed by atoms with E-state index < -0.39 is 0 Å². The molecule has 14 heavy (non-hydrogen) atoms. The van der Waals surface area contributed by atoms with Crippen molar-refractivity contribution in [1.29, 1.82) is 0 Å². The van der Waals surface area contributed by atoms with Gasteiger partial charge in [-0.2, -0.15) is 4.37 Å². The smallest absolute Gasteiger partial charge is 0.142 e. The zero-order valence-electron chi connectivity index (χ0n) is 9.53. The Kier molecular flexibility index (Phi) is 3.37. The first kappa shape index (κ1) is 11.3. The van der Waals surface area contributed by atoms with Gasteiger partial charge in [-0.25, -0.2) is 0 Å². The molecule has 0 saturated heterocycles. The zero-order valence-corrected chi connectivity index (χ0v) is 10.4. The lowest BCUT2D eigenvalue weighted by Crippen LogP contribution is -2.32. The first-order chi connectivity index (χ1) is 6.45. The van der Waals surface area contributed by atoms with Crippen LogP contribution in [-0.2, 0) is 0 Å². The van der Waals surface area contributed by atoms with E-state index in [1.807, 2.05) is 6.92 Å². The number of hydrogen-bond donors (Lipinski definition) is 1. The van der Waals surface area contributed by atoms with Crippen LogP contribution in [0.4, 0.5) is 10.8 Å². The van der Waals surface area contributed by atoms with Crippen LogP contribution < -0.4 is 10.6 Å². The van der Waals surface area contributed by atoms with Crippen LogP contribution in [0.1, 0.15) is 26.3 Å². The molecule has 1 atom stereocenters. The van der Waals surface area contributed by atoms with Crippen LogP contribution >= 0.6 is 11.5 Å². The normalized spacial score (nSPS) is 13.3. The fraction of sp³-hybridized carbons (Fsp3) is 0.700. The molecule has 0 aliphatic rings. The Bertz CT molecular complexity index is 306. The Morgan fingerprint density at radius 2 is 1.93 bits per heavy atom. The Balaban J connectivity index is 2.89. The van der Waals surface area contributed by atoms with Gasteiger partial charge in [0, 0.05) is 18.7 Å². The summed E-state index contributed by atoms with van der Waals surface area (Å²) in [6, 6.07) is 0.508. The van der Waals surface area contributed by atoms with Crippen LogP contribution in [0.2, 0.25) is 0 Å². The van der Waals surface area contributed by atoms with Gasteiger partial charge >= 0.3 is 0 Å². The van der Waals surface area contributed by atoms with E-state index in [2.05, 4.69) is 37.1 Å². The van der Waals surface area contributed by atoms with E-state index in [1.165, 1.54) is 16.5 Å². The summed E-state index contributed by atoms with van der Waals surface area (Å²) in [6.07, 6.45) is 0. The molecule has 1 unspecified atom stereocenters. The van der Waals surface area contributed by atoms with Crippen LogP contribution in [0.5, 0.6) is 0 Å². The number of anilines is 2. The Morgan fingerprint density at radius 1 is 1.36 bits per heavy atom. The minimum absolute atomic E-state index is 0.508. The summed E-state index contributed by atoms with van der Waals surface area (Å²) in [4.78, 5) is 2.26. The van der Waals surface area contributed by atoms with Crippen LogP contribution in [0.15, 0.2) is 0 Å². The number of rotatable bonds is 3. The van der Waals surface area contributed by atoms with Gasteiger partial charge in [-0.1, -0.05) is 13.8 Å². The van der Waals surface area contributed by atoms with Crippen molar-refractivity contribution in [2.24, 2.45) is 5.92 Å². The molecule has 1 aromatic rings. The topological polar surface area (TPSA) is 42.1 Å². The molecule has 2 N–H and O–H groups in total. The minimum Gasteiger partial charge on any atom is -0.383 e. The lowest BCUT2D eigenvalue weighted by molar-refractivity contribution is 0.507. The van der Waals surface area contributed by atoms with E-state index in [1.54, 1.807) is 0 Å². The molecule has 1 aromatic heterocycles. The molecule has 0 aliphatic heterocycles. The molecule has 1 rings (SSSR count). The molecule has 1 heterocycles. The highest BCUT2D eigenvalue weighted by molar-refractivity contribution is 7.10. The summed E-state index contributed by atoms with van der Waals surface area (Å²) in [7, 11) is 2.10. The number of nitrogen functional groups attached to an aromatic ring is 1. The van der Waals surface area contributed by atoms with E-state index in [0.29, 0.717) is 17.8 Å². The van der Waals surface area contributed by atoms with Crippen LogP contribution in [0.3, 0.4) is 0 Å². The number of nitrogens with zero attached hydrogens (tertiary/aromatic N) is 2. The average Bonchev–Trinajstić information content (AvgIpc) is 2.45. The maximum absolute atomic E-state index is 5.73. The van der Waals surface area contributed by atoms with Crippen molar-refractivity contribution in [2.75, 3.05) is 17.7 Å². The molecule has 0 spiro atoms. The summed E-state index contributed by atoms with van der Waals surface area (Å²) < 4.78 is 4.16. The van der Waals surface area contributed by atoms with Crippen molar-refractivity contribution in [1.82, 2.24) is 4.37 Å². The van der Waals surface area contributed by atoms with E-state index in [0.717, 1.165) is 5.56 Å². The van der Waals surface area contributed by atoms with Gasteiger partial charge in [0.25, 0.3) is 0 Å². The number of hydrogen-bond acceptors (Lipinski definition) is 4. The largest absolute Gasteiger partial charge is 0.383 e. The second-order valence-corrected chi connectivity index (χ2v) is 4.85. The molecule has 80 valence electrons. The van der Waals surface area contributed by atoms with Gasteiger partial charge in [-0.3, -0.25) is 0 Å². The number of nitrogens with two attached hydrogens (primary N) is 1. The van der Waals surface area contributed by atoms with Crippen LogP contribution in [0.25, 0.3) is 0 Å². The quantitative estimate of drug-likeness (QED) is 0.839. The Labute approximate surface area is 90.1 Å². The van der Waals surface area contributed by atoms with E-state index in [4.69, 9.17) is 5.73 Å². The first-order valence-corrected chi connectivity index (χ1v) is 5.67. The summed E-state index contributed by atoms with van der Waals surface area (Å²) in [5, 5.41) is 1.18. The Morgan fingerprint density at radius 3 is 2.29 bits per heavy atom. The third-order valence-corrected chi connectivity index (χ3v) is 3.89. The zero-order chi connectivity index (χ0) is 10.9. The fourth-order valence-electron chi connectivity index (χ4n) is 1.30. The highest BCUT2D eigenvalue weighted by Gasteiger charge is 2.18. The van der Waals surface area contributed by atoms with Crippen molar-refractivity contribution in [3.05, 3.63) is 5.56 Å². The molecular formula is C10H19N3S. The Hall–Kier alpha value is -0.770. The molecule has 0 radical (unpaired) electrons. The van der Waals surface area contributed by atoms with Crippen LogP contribution in [0, 0.1) is 12.8 Å². The summed E-state index contributed by atoms with van der Waals surface area (Å²) in [5.74, 6) is 1.29. The highest BCUT2D eigenvalue weighted by Crippen LogP contribution is 2.30. The van der Waals surface area contributed by atoms with Crippen molar-refractivity contribution in [2.45, 2.75) is 33.7 Å². The van der Waals surface area contributed by atoms with Gasteiger partial charge in [0.1, 0.15) is 10.8 Å². The van der Waals surface area contributed by atoms with Gasteiger partial charge in [0.2, 0.25) is 0 Å². The first-order valence-electron chi connectivity index (χ1n) is 4.89. The summed E-state index contributed by atoms with van der Waals surface area (Å²) in [5.41, 5.74) is 6.83. The fourth-order valence-corrected chi connectivity index (χ4v) is 2.16. The van der Waals surface area contributed by atoms with Crippen LogP contribution in [-0.4, -0.2) is 17.5 Å². The molecule has 0 bridgehead atoms. The predicted molar refractivity (Wildman–Crippen MR) is 64.0 cm³/mol. The predicted octanol–water partition coefficient (Wildman–Crippen LogP) is 2.51. The summed E-state index contributed by atoms with van der Waals surface area (Å²) >= 11 is 1.48. The highest BCUT2D eigenvalue weighted by atomic mass is 32.1. The summed E-state index contributed by atoms with van der Waals surface area (Å²) in [6.45, 7) is 8.69. The minimum atomic E-state index is 0.508. The van der Waals surface area contributed by atoms with Crippen molar-refractivity contribution >= 4 is 22.4 Å². The maximum Gasteiger partial charge on any atom is 0.142 e. The molecular weight excluding hydrogens is 194 g/mol. The van der Waals surface area contributed by atoms with E-state index >= 15 is 0 Å². The standard InChI is InChI=1S/C10H19N3S/c1-6(2)8(4)13(5)10-7(3)9(11)12-14-10/h6,8H,1-5H3,(H2,11,12). The van der Waals surface area contributed by atoms with Gasteiger partial charge in [-0.15, -0.1) is 0 Å². The second-order valence-electron chi connectivity index (χ2n) is 4.09. The average molecular weight is 213 g/mol. The number of aromatic nitrogens is 1. The lowest BCUT2D eigenvalue weighted by Gasteiger charge is -2.28. The maximum atomic E-state index is 5.73. The molecule has 4 heteroatoms. The molecule has 0 amide bonds. The van der Waals surface area contributed by atoms with Crippen molar-refractivity contribution in [3.8, 4) is 0 Å². The molecule has 3 nitrogen and oxygen atoms in total. The van der Waals surface area contributed by atoms with Gasteiger partial charge in [-0.05, 0) is 31.3 Å². The van der Waals surface area contributed by atoms with Gasteiger partial charge in [0.05, 0.1) is 0 Å². The second kappa shape index (κ2) is 4.17. The third kappa shape index (κ3) is 2.00. The molecule has 0 aliphatic carbocycles. The van der Waals surface area contributed by atoms with E-state index in [-0.39, 0.29) is 0 Å². The lowest BCUT2D eigenvalue weighted by atomic mass is 10.1. The van der Waals surface area contributed by atoms with E-state index in [9.17, 15) is 0 Å².